The molecule has 34 heavy (non-hydrogen) atoms. The monoisotopic (exact) mass is 461 g/mol. The van der Waals surface area contributed by atoms with E-state index in [-0.39, 0.29) is 16.9 Å². The summed E-state index contributed by atoms with van der Waals surface area (Å²) in [4.78, 5) is 28.0. The van der Waals surface area contributed by atoms with Gasteiger partial charge in [0.15, 0.2) is 0 Å². The van der Waals surface area contributed by atoms with Gasteiger partial charge in [0, 0.05) is 11.8 Å². The van der Waals surface area contributed by atoms with Crippen LogP contribution in [0.5, 0.6) is 11.5 Å². The van der Waals surface area contributed by atoms with Crippen LogP contribution in [0.4, 0.5) is 10.1 Å². The average molecular weight is 461 g/mol. The lowest BCUT2D eigenvalue weighted by molar-refractivity contribution is -0.132. The number of anilines is 1. The standard InChI is InChI=1S/C27H24FNO5/c1-4-34-19-10-7-9-18(15-19)29-24(20-11-6-5-8-16(20)2)23(26(31)27(29)32)25(30)21-14-17(28)12-13-22(21)33-3/h5-15,24,30H,4H2,1-3H3/b25-23+. The minimum Gasteiger partial charge on any atom is -0.507 e. The third kappa shape index (κ3) is 4.01. The Labute approximate surface area is 196 Å². The molecule has 3 aromatic carbocycles. The molecule has 1 saturated heterocycles. The molecule has 1 atom stereocenters. The average Bonchev–Trinajstić information content (AvgIpc) is 3.09. The van der Waals surface area contributed by atoms with Gasteiger partial charge in [-0.15, -0.1) is 0 Å². The Balaban J connectivity index is 1.99. The van der Waals surface area contributed by atoms with Gasteiger partial charge in [-0.1, -0.05) is 30.3 Å². The molecule has 4 rings (SSSR count). The van der Waals surface area contributed by atoms with Crippen LogP contribution in [0, 0.1) is 12.7 Å². The summed E-state index contributed by atoms with van der Waals surface area (Å²) >= 11 is 0. The predicted octanol–water partition coefficient (Wildman–Crippen LogP) is 5.17. The molecule has 0 aromatic heterocycles. The topological polar surface area (TPSA) is 76.1 Å². The van der Waals surface area contributed by atoms with E-state index in [1.807, 2.05) is 26.0 Å². The molecule has 0 aliphatic carbocycles. The van der Waals surface area contributed by atoms with Crippen molar-refractivity contribution in [2.24, 2.45) is 0 Å². The van der Waals surface area contributed by atoms with E-state index in [0.29, 0.717) is 23.6 Å². The Bertz CT molecular complexity index is 1300. The highest BCUT2D eigenvalue weighted by Gasteiger charge is 2.47. The molecule has 0 spiro atoms. The molecule has 3 aromatic rings. The number of carbonyl (C=O) groups is 2. The summed E-state index contributed by atoms with van der Waals surface area (Å²) < 4.78 is 24.9. The van der Waals surface area contributed by atoms with Gasteiger partial charge < -0.3 is 14.6 Å². The Morgan fingerprint density at radius 2 is 1.82 bits per heavy atom. The SMILES string of the molecule is CCOc1cccc(N2C(=O)C(=O)/C(=C(/O)c3cc(F)ccc3OC)C2c2ccccc2C)c1. The van der Waals surface area contributed by atoms with Gasteiger partial charge in [-0.05, 0) is 55.3 Å². The predicted molar refractivity (Wildman–Crippen MR) is 127 cm³/mol. The van der Waals surface area contributed by atoms with Crippen molar-refractivity contribution < 1.29 is 28.6 Å². The van der Waals surface area contributed by atoms with Crippen LogP contribution in [0.3, 0.4) is 0 Å². The van der Waals surface area contributed by atoms with Crippen LogP contribution in [0.25, 0.3) is 5.76 Å². The first-order valence-electron chi connectivity index (χ1n) is 10.8. The number of ether oxygens (including phenoxy) is 2. The molecular weight excluding hydrogens is 437 g/mol. The molecule has 1 unspecified atom stereocenters. The number of methoxy groups -OCH3 is 1. The van der Waals surface area contributed by atoms with Crippen molar-refractivity contribution in [3.05, 3.63) is 94.8 Å². The summed E-state index contributed by atoms with van der Waals surface area (Å²) in [6.07, 6.45) is 0. The smallest absolute Gasteiger partial charge is 0.300 e. The molecule has 0 saturated carbocycles. The van der Waals surface area contributed by atoms with Gasteiger partial charge in [-0.3, -0.25) is 14.5 Å². The number of rotatable bonds is 6. The highest BCUT2D eigenvalue weighted by molar-refractivity contribution is 6.51. The zero-order chi connectivity index (χ0) is 24.4. The maximum atomic E-state index is 14.1. The fraction of sp³-hybridized carbons (Fsp3) is 0.185. The van der Waals surface area contributed by atoms with Gasteiger partial charge in [0.25, 0.3) is 11.7 Å². The van der Waals surface area contributed by atoms with E-state index >= 15 is 0 Å². The van der Waals surface area contributed by atoms with Gasteiger partial charge >= 0.3 is 0 Å². The van der Waals surface area contributed by atoms with Crippen molar-refractivity contribution in [1.29, 1.82) is 0 Å². The Morgan fingerprint density at radius 1 is 1.06 bits per heavy atom. The van der Waals surface area contributed by atoms with Crippen molar-refractivity contribution in [3.63, 3.8) is 0 Å². The lowest BCUT2D eigenvalue weighted by atomic mass is 9.92. The van der Waals surface area contributed by atoms with Crippen LogP contribution in [0.15, 0.2) is 72.3 Å². The molecule has 6 nitrogen and oxygen atoms in total. The second kappa shape index (κ2) is 9.39. The van der Waals surface area contributed by atoms with Crippen molar-refractivity contribution in [2.45, 2.75) is 19.9 Å². The quantitative estimate of drug-likeness (QED) is 0.312. The van der Waals surface area contributed by atoms with Crippen LogP contribution < -0.4 is 14.4 Å². The first-order chi connectivity index (χ1) is 16.4. The van der Waals surface area contributed by atoms with E-state index in [2.05, 4.69) is 0 Å². The molecule has 1 aliphatic heterocycles. The third-order valence-electron chi connectivity index (χ3n) is 5.75. The molecule has 0 bridgehead atoms. The van der Waals surface area contributed by atoms with Crippen molar-refractivity contribution >= 4 is 23.1 Å². The number of nitrogens with zero attached hydrogens (tertiary/aromatic N) is 1. The lowest BCUT2D eigenvalue weighted by Crippen LogP contribution is -2.29. The summed E-state index contributed by atoms with van der Waals surface area (Å²) in [7, 11) is 1.38. The molecule has 7 heteroatoms. The molecule has 1 N–H and O–H groups in total. The minimum absolute atomic E-state index is 0.0119. The van der Waals surface area contributed by atoms with Crippen molar-refractivity contribution in [3.8, 4) is 11.5 Å². The minimum atomic E-state index is -0.939. The number of hydrogen-bond acceptors (Lipinski definition) is 5. The van der Waals surface area contributed by atoms with E-state index < -0.39 is 29.3 Å². The van der Waals surface area contributed by atoms with E-state index in [1.165, 1.54) is 24.1 Å². The second-order valence-electron chi connectivity index (χ2n) is 7.80. The summed E-state index contributed by atoms with van der Waals surface area (Å²) in [5.74, 6) is -2.10. The van der Waals surface area contributed by atoms with Crippen LogP contribution >= 0.6 is 0 Å². The zero-order valence-electron chi connectivity index (χ0n) is 19.0. The van der Waals surface area contributed by atoms with Gasteiger partial charge in [-0.2, -0.15) is 0 Å². The number of hydrogen-bond donors (Lipinski definition) is 1. The van der Waals surface area contributed by atoms with Crippen molar-refractivity contribution in [1.82, 2.24) is 0 Å². The summed E-state index contributed by atoms with van der Waals surface area (Å²) in [6, 6.07) is 16.8. The van der Waals surface area contributed by atoms with E-state index in [0.717, 1.165) is 11.6 Å². The Hall–Kier alpha value is -4.13. The molecular formula is C27H24FNO5. The molecule has 1 aliphatic rings. The Kier molecular flexibility index (Phi) is 6.36. The largest absolute Gasteiger partial charge is 0.507 e. The molecule has 1 heterocycles. The van der Waals surface area contributed by atoms with Crippen molar-refractivity contribution in [2.75, 3.05) is 18.6 Å². The number of amides is 1. The highest BCUT2D eigenvalue weighted by atomic mass is 19.1. The van der Waals surface area contributed by atoms with Crippen LogP contribution in [-0.4, -0.2) is 30.5 Å². The third-order valence-corrected chi connectivity index (χ3v) is 5.75. The number of aryl methyl sites for hydroxylation is 1. The van der Waals surface area contributed by atoms with Crippen LogP contribution in [0.2, 0.25) is 0 Å². The normalized spacial score (nSPS) is 17.2. The molecule has 174 valence electrons. The summed E-state index contributed by atoms with van der Waals surface area (Å²) in [6.45, 7) is 4.14. The van der Waals surface area contributed by atoms with Gasteiger partial charge in [0.2, 0.25) is 0 Å². The molecule has 0 radical (unpaired) electrons. The maximum Gasteiger partial charge on any atom is 0.300 e. The number of carbonyl (C=O) groups excluding carboxylic acids is 2. The number of benzene rings is 3. The first kappa shape index (κ1) is 23.0. The van der Waals surface area contributed by atoms with Crippen LogP contribution in [-0.2, 0) is 9.59 Å². The fourth-order valence-electron chi connectivity index (χ4n) is 4.19. The van der Waals surface area contributed by atoms with E-state index in [1.54, 1.807) is 36.4 Å². The maximum absolute atomic E-state index is 14.1. The highest BCUT2D eigenvalue weighted by Crippen LogP contribution is 2.44. The van der Waals surface area contributed by atoms with E-state index in [4.69, 9.17) is 9.47 Å². The summed E-state index contributed by atoms with van der Waals surface area (Å²) in [5.41, 5.74) is 1.75. The first-order valence-corrected chi connectivity index (χ1v) is 10.8. The zero-order valence-corrected chi connectivity index (χ0v) is 19.0. The van der Waals surface area contributed by atoms with Crippen LogP contribution in [0.1, 0.15) is 29.7 Å². The fourth-order valence-corrected chi connectivity index (χ4v) is 4.19. The number of Topliss-reactive ketones (excluding diaryl/α,β-unsaturated/α-hetero) is 1. The lowest BCUT2D eigenvalue weighted by Gasteiger charge is -2.27. The number of halogens is 1. The Morgan fingerprint density at radius 3 is 2.53 bits per heavy atom. The number of aliphatic hydroxyl groups excluding tert-OH is 1. The molecule has 1 amide bonds. The number of aliphatic hydroxyl groups is 1. The van der Waals surface area contributed by atoms with Gasteiger partial charge in [-0.25, -0.2) is 4.39 Å². The van der Waals surface area contributed by atoms with Gasteiger partial charge in [0.05, 0.1) is 30.9 Å². The number of ketones is 1. The second-order valence-corrected chi connectivity index (χ2v) is 7.80. The van der Waals surface area contributed by atoms with Gasteiger partial charge in [0.1, 0.15) is 23.1 Å². The van der Waals surface area contributed by atoms with E-state index in [9.17, 15) is 19.1 Å². The molecule has 1 fully saturated rings. The summed E-state index contributed by atoms with van der Waals surface area (Å²) in [5, 5.41) is 11.3.